The SMILES string of the molecule is O=C(O)CC(NCCNC(CC(=O)O)C(=O)O)C(=O)O.[Fe+3]. The van der Waals surface area contributed by atoms with E-state index in [2.05, 4.69) is 10.6 Å². The van der Waals surface area contributed by atoms with Gasteiger partial charge in [-0.15, -0.1) is 0 Å². The number of rotatable bonds is 11. The van der Waals surface area contributed by atoms with Gasteiger partial charge in [0, 0.05) is 13.1 Å². The first-order valence-electron chi connectivity index (χ1n) is 5.60. The summed E-state index contributed by atoms with van der Waals surface area (Å²) >= 11 is 0. The molecule has 0 saturated carbocycles. The Labute approximate surface area is 130 Å². The molecule has 0 spiro atoms. The number of nitrogens with one attached hydrogen (secondary N) is 2. The third-order valence-corrected chi connectivity index (χ3v) is 2.26. The van der Waals surface area contributed by atoms with Gasteiger partial charge in [0.15, 0.2) is 0 Å². The number of hydrogen-bond acceptors (Lipinski definition) is 6. The fourth-order valence-corrected chi connectivity index (χ4v) is 1.34. The fraction of sp³-hybridized carbons (Fsp3) is 0.600. The van der Waals surface area contributed by atoms with Gasteiger partial charge in [-0.3, -0.25) is 19.2 Å². The minimum Gasteiger partial charge on any atom is -0.481 e. The zero-order chi connectivity index (χ0) is 15.7. The van der Waals surface area contributed by atoms with Crippen LogP contribution >= 0.6 is 0 Å². The van der Waals surface area contributed by atoms with Crippen LogP contribution in [0.5, 0.6) is 0 Å². The molecule has 0 aromatic rings. The topological polar surface area (TPSA) is 173 Å². The van der Waals surface area contributed by atoms with Crippen molar-refractivity contribution < 1.29 is 56.7 Å². The summed E-state index contributed by atoms with van der Waals surface area (Å²) in [6.07, 6.45) is -1.24. The van der Waals surface area contributed by atoms with E-state index in [0.29, 0.717) is 0 Å². The molecule has 11 heteroatoms. The molecule has 0 bridgehead atoms. The second-order valence-corrected chi connectivity index (χ2v) is 3.89. The molecular formula is C10H16FeN2O8+3. The Hall–Kier alpha value is -1.68. The molecular weight excluding hydrogens is 332 g/mol. The van der Waals surface area contributed by atoms with Crippen LogP contribution in [0, 0.1) is 0 Å². The van der Waals surface area contributed by atoms with Crippen LogP contribution in [0.15, 0.2) is 0 Å². The third kappa shape index (κ3) is 10.7. The van der Waals surface area contributed by atoms with Crippen molar-refractivity contribution in [1.29, 1.82) is 0 Å². The molecule has 0 aliphatic carbocycles. The van der Waals surface area contributed by atoms with Gasteiger partial charge in [-0.05, 0) is 0 Å². The Kier molecular flexibility index (Phi) is 11.4. The van der Waals surface area contributed by atoms with Gasteiger partial charge in [-0.2, -0.15) is 0 Å². The van der Waals surface area contributed by atoms with E-state index in [4.69, 9.17) is 20.4 Å². The summed E-state index contributed by atoms with van der Waals surface area (Å²) in [4.78, 5) is 42.2. The van der Waals surface area contributed by atoms with Gasteiger partial charge in [0.25, 0.3) is 0 Å². The van der Waals surface area contributed by atoms with E-state index < -0.39 is 48.8 Å². The molecule has 0 saturated heterocycles. The van der Waals surface area contributed by atoms with E-state index in [1.165, 1.54) is 0 Å². The van der Waals surface area contributed by atoms with Gasteiger partial charge in [0.2, 0.25) is 0 Å². The molecule has 0 heterocycles. The number of aliphatic carboxylic acids is 4. The molecule has 119 valence electrons. The number of carboxylic acids is 4. The average Bonchev–Trinajstić information content (AvgIpc) is 2.29. The van der Waals surface area contributed by atoms with Gasteiger partial charge in [-0.25, -0.2) is 0 Å². The molecule has 10 nitrogen and oxygen atoms in total. The Bertz CT molecular complexity index is 353. The third-order valence-electron chi connectivity index (χ3n) is 2.26. The van der Waals surface area contributed by atoms with E-state index in [1.807, 2.05) is 0 Å². The minimum absolute atomic E-state index is 0. The number of carboxylic acid groups (broad SMARTS) is 4. The van der Waals surface area contributed by atoms with E-state index in [9.17, 15) is 19.2 Å². The first kappa shape index (κ1) is 21.6. The molecule has 0 aromatic carbocycles. The average molecular weight is 348 g/mol. The van der Waals surface area contributed by atoms with E-state index in [1.54, 1.807) is 0 Å². The van der Waals surface area contributed by atoms with Crippen molar-refractivity contribution in [2.45, 2.75) is 24.9 Å². The molecule has 1 radical (unpaired) electrons. The van der Waals surface area contributed by atoms with Crippen molar-refractivity contribution in [3.05, 3.63) is 0 Å². The molecule has 6 N–H and O–H groups in total. The molecule has 0 aliphatic heterocycles. The summed E-state index contributed by atoms with van der Waals surface area (Å²) in [6, 6.07) is -2.59. The monoisotopic (exact) mass is 348 g/mol. The second kappa shape index (κ2) is 11.0. The smallest absolute Gasteiger partial charge is 0.481 e. The zero-order valence-electron chi connectivity index (χ0n) is 10.8. The standard InChI is InChI=1S/C10H16N2O8.Fe/c13-7(14)3-5(9(17)18)11-1-2-12-6(10(19)20)4-8(15)16;/h5-6,11-12H,1-4H2,(H,13,14)(H,15,16)(H,17,18)(H,19,20);/q;+3. The van der Waals surface area contributed by atoms with Crippen LogP contribution < -0.4 is 10.6 Å². The van der Waals surface area contributed by atoms with E-state index in [-0.39, 0.29) is 30.2 Å². The minimum atomic E-state index is -1.34. The molecule has 0 fully saturated rings. The van der Waals surface area contributed by atoms with Crippen molar-refractivity contribution in [3.63, 3.8) is 0 Å². The maximum atomic E-state index is 10.7. The van der Waals surface area contributed by atoms with Crippen molar-refractivity contribution >= 4 is 23.9 Å². The molecule has 2 atom stereocenters. The van der Waals surface area contributed by atoms with Gasteiger partial charge < -0.3 is 31.1 Å². The predicted octanol–water partition coefficient (Wildman–Crippen LogP) is -1.98. The summed E-state index contributed by atoms with van der Waals surface area (Å²) < 4.78 is 0. The van der Waals surface area contributed by atoms with Crippen molar-refractivity contribution in [3.8, 4) is 0 Å². The Balaban J connectivity index is 0. The van der Waals surface area contributed by atoms with Crippen LogP contribution in [0.25, 0.3) is 0 Å². The van der Waals surface area contributed by atoms with Crippen molar-refractivity contribution in [2.75, 3.05) is 13.1 Å². The number of hydrogen-bond donors (Lipinski definition) is 6. The maximum absolute atomic E-state index is 10.7. The molecule has 0 rings (SSSR count). The summed E-state index contributed by atoms with van der Waals surface area (Å²) in [5.41, 5.74) is 0. The van der Waals surface area contributed by atoms with E-state index >= 15 is 0 Å². The van der Waals surface area contributed by atoms with Gasteiger partial charge in [-0.1, -0.05) is 0 Å². The van der Waals surface area contributed by atoms with Gasteiger partial charge >= 0.3 is 40.9 Å². The summed E-state index contributed by atoms with van der Waals surface area (Å²) in [6.45, 7) is -0.0404. The zero-order valence-corrected chi connectivity index (χ0v) is 11.9. The Morgan fingerprint density at radius 2 is 1.00 bits per heavy atom. The summed E-state index contributed by atoms with van der Waals surface area (Å²) in [7, 11) is 0. The van der Waals surface area contributed by atoms with Crippen LogP contribution in [0.3, 0.4) is 0 Å². The quantitative estimate of drug-likeness (QED) is 0.181. The predicted molar refractivity (Wildman–Crippen MR) is 63.4 cm³/mol. The van der Waals surface area contributed by atoms with Crippen LogP contribution in [0.2, 0.25) is 0 Å². The number of carbonyl (C=O) groups is 4. The summed E-state index contributed by atoms with van der Waals surface area (Å²) in [5, 5.41) is 39.2. The van der Waals surface area contributed by atoms with Crippen LogP contribution in [-0.4, -0.2) is 69.5 Å². The first-order chi connectivity index (χ1) is 9.23. The first-order valence-corrected chi connectivity index (χ1v) is 5.60. The second-order valence-electron chi connectivity index (χ2n) is 3.89. The molecule has 0 aliphatic rings. The van der Waals surface area contributed by atoms with Crippen LogP contribution in [-0.2, 0) is 36.2 Å². The van der Waals surface area contributed by atoms with Crippen molar-refractivity contribution in [2.24, 2.45) is 0 Å². The maximum Gasteiger partial charge on any atom is 3.00 e. The summed E-state index contributed by atoms with van der Waals surface area (Å²) in [5.74, 6) is -5.25. The van der Waals surface area contributed by atoms with Crippen molar-refractivity contribution in [1.82, 2.24) is 10.6 Å². The normalized spacial score (nSPS) is 12.8. The van der Waals surface area contributed by atoms with Crippen LogP contribution in [0.1, 0.15) is 12.8 Å². The molecule has 0 amide bonds. The fourth-order valence-electron chi connectivity index (χ4n) is 1.34. The van der Waals surface area contributed by atoms with Crippen LogP contribution in [0.4, 0.5) is 0 Å². The van der Waals surface area contributed by atoms with Gasteiger partial charge in [0.05, 0.1) is 12.8 Å². The molecule has 0 aromatic heterocycles. The largest absolute Gasteiger partial charge is 3.00 e. The molecule has 21 heavy (non-hydrogen) atoms. The molecule has 2 unspecified atom stereocenters. The Morgan fingerprint density at radius 1 is 0.714 bits per heavy atom. The van der Waals surface area contributed by atoms with Gasteiger partial charge in [0.1, 0.15) is 12.1 Å². The van der Waals surface area contributed by atoms with E-state index in [0.717, 1.165) is 0 Å². The Morgan fingerprint density at radius 3 is 1.19 bits per heavy atom.